The van der Waals surface area contributed by atoms with Crippen LogP contribution in [0.25, 0.3) is 0 Å². The van der Waals surface area contributed by atoms with Crippen molar-refractivity contribution in [3.63, 3.8) is 0 Å². The van der Waals surface area contributed by atoms with Crippen LogP contribution < -0.4 is 5.73 Å². The summed E-state index contributed by atoms with van der Waals surface area (Å²) < 4.78 is 15.5. The van der Waals surface area contributed by atoms with Crippen molar-refractivity contribution in [3.8, 4) is 0 Å². The minimum Gasteiger partial charge on any atom is -0.499 e. The van der Waals surface area contributed by atoms with E-state index >= 15 is 0 Å². The van der Waals surface area contributed by atoms with Crippen LogP contribution in [-0.2, 0) is 14.2 Å². The van der Waals surface area contributed by atoms with E-state index in [0.717, 1.165) is 5.57 Å². The first-order valence-corrected chi connectivity index (χ1v) is 4.88. The van der Waals surface area contributed by atoms with Gasteiger partial charge in [-0.1, -0.05) is 0 Å². The van der Waals surface area contributed by atoms with E-state index < -0.39 is 0 Å². The fraction of sp³-hybridized carbons (Fsp3) is 0.800. The monoisotopic (exact) mass is 203 g/mol. The third-order valence-electron chi connectivity index (χ3n) is 1.30. The maximum absolute atomic E-state index is 5.25. The summed E-state index contributed by atoms with van der Waals surface area (Å²) in [4.78, 5) is 0. The van der Waals surface area contributed by atoms with E-state index in [1.54, 1.807) is 6.26 Å². The number of nitrogens with two attached hydrogens (primary N) is 1. The molecule has 0 amide bonds. The zero-order chi connectivity index (χ0) is 10.6. The Morgan fingerprint density at radius 2 is 1.57 bits per heavy atom. The van der Waals surface area contributed by atoms with Crippen molar-refractivity contribution in [2.24, 2.45) is 5.73 Å². The third-order valence-corrected chi connectivity index (χ3v) is 1.30. The van der Waals surface area contributed by atoms with Crippen molar-refractivity contribution in [2.75, 3.05) is 39.6 Å². The molecule has 0 atom stereocenters. The molecule has 0 aliphatic carbocycles. The molecule has 0 saturated heterocycles. The lowest BCUT2D eigenvalue weighted by molar-refractivity contribution is 0.0325. The highest BCUT2D eigenvalue weighted by molar-refractivity contribution is 4.86. The zero-order valence-corrected chi connectivity index (χ0v) is 9.12. The molecule has 0 rings (SSSR count). The van der Waals surface area contributed by atoms with Crippen molar-refractivity contribution in [2.45, 2.75) is 13.8 Å². The Morgan fingerprint density at radius 3 is 2.14 bits per heavy atom. The second-order valence-corrected chi connectivity index (χ2v) is 3.08. The van der Waals surface area contributed by atoms with E-state index in [1.165, 1.54) is 0 Å². The lowest BCUT2D eigenvalue weighted by atomic mass is 10.4. The van der Waals surface area contributed by atoms with Crippen LogP contribution in [0, 0.1) is 0 Å². The van der Waals surface area contributed by atoms with E-state index in [4.69, 9.17) is 19.9 Å². The molecule has 0 radical (unpaired) electrons. The van der Waals surface area contributed by atoms with Gasteiger partial charge in [-0.05, 0) is 19.4 Å². The van der Waals surface area contributed by atoms with Gasteiger partial charge < -0.3 is 19.9 Å². The molecule has 0 bridgehead atoms. The molecule has 0 aliphatic rings. The first-order valence-electron chi connectivity index (χ1n) is 4.88. The molecule has 0 aromatic heterocycles. The Bertz CT molecular complexity index is 144. The van der Waals surface area contributed by atoms with Gasteiger partial charge in [0.1, 0.15) is 6.61 Å². The van der Waals surface area contributed by atoms with Crippen molar-refractivity contribution in [3.05, 3.63) is 11.8 Å². The number of allylic oxidation sites excluding steroid dienone is 1. The molecule has 0 aliphatic heterocycles. The van der Waals surface area contributed by atoms with Crippen LogP contribution in [0.3, 0.4) is 0 Å². The average molecular weight is 203 g/mol. The highest BCUT2D eigenvalue weighted by Crippen LogP contribution is 1.89. The van der Waals surface area contributed by atoms with Gasteiger partial charge in [0.25, 0.3) is 0 Å². The average Bonchev–Trinajstić information content (AvgIpc) is 2.15. The maximum Gasteiger partial charge on any atom is 0.111 e. The number of hydrogen-bond acceptors (Lipinski definition) is 4. The SMILES string of the molecule is CC(C)=COCCOCCOCCN. The summed E-state index contributed by atoms with van der Waals surface area (Å²) in [5.74, 6) is 0. The van der Waals surface area contributed by atoms with E-state index in [0.29, 0.717) is 39.6 Å². The molecule has 14 heavy (non-hydrogen) atoms. The van der Waals surface area contributed by atoms with Gasteiger partial charge in [0.15, 0.2) is 0 Å². The fourth-order valence-corrected chi connectivity index (χ4v) is 0.738. The first-order chi connectivity index (χ1) is 6.77. The minimum absolute atomic E-state index is 0.559. The van der Waals surface area contributed by atoms with Crippen LogP contribution in [0.1, 0.15) is 13.8 Å². The van der Waals surface area contributed by atoms with Crippen LogP contribution in [-0.4, -0.2) is 39.6 Å². The Morgan fingerprint density at radius 1 is 1.00 bits per heavy atom. The summed E-state index contributed by atoms with van der Waals surface area (Å²) >= 11 is 0. The van der Waals surface area contributed by atoms with Gasteiger partial charge in [-0.25, -0.2) is 0 Å². The molecule has 0 unspecified atom stereocenters. The first kappa shape index (κ1) is 13.4. The number of hydrogen-bond donors (Lipinski definition) is 1. The molecule has 2 N–H and O–H groups in total. The summed E-state index contributed by atoms with van der Waals surface area (Å²) in [6.07, 6.45) is 1.73. The smallest absolute Gasteiger partial charge is 0.111 e. The largest absolute Gasteiger partial charge is 0.499 e. The normalized spacial score (nSPS) is 9.93. The van der Waals surface area contributed by atoms with Gasteiger partial charge in [-0.2, -0.15) is 0 Å². The summed E-state index contributed by atoms with van der Waals surface area (Å²) in [7, 11) is 0. The molecule has 0 aromatic rings. The predicted octanol–water partition coefficient (Wildman–Crippen LogP) is 0.919. The van der Waals surface area contributed by atoms with Gasteiger partial charge in [0, 0.05) is 6.54 Å². The fourth-order valence-electron chi connectivity index (χ4n) is 0.738. The second kappa shape index (κ2) is 10.5. The zero-order valence-electron chi connectivity index (χ0n) is 9.12. The van der Waals surface area contributed by atoms with E-state index in [2.05, 4.69) is 0 Å². The van der Waals surface area contributed by atoms with Gasteiger partial charge in [-0.15, -0.1) is 0 Å². The van der Waals surface area contributed by atoms with Crippen molar-refractivity contribution >= 4 is 0 Å². The Kier molecular flexibility index (Phi) is 10.1. The standard InChI is InChI=1S/C10H21NO3/c1-10(2)9-14-8-7-13-6-5-12-4-3-11/h9H,3-8,11H2,1-2H3. The van der Waals surface area contributed by atoms with Crippen LogP contribution in [0.15, 0.2) is 11.8 Å². The summed E-state index contributed by atoms with van der Waals surface area (Å²) in [5.41, 5.74) is 6.39. The highest BCUT2D eigenvalue weighted by atomic mass is 16.5. The maximum atomic E-state index is 5.25. The molecule has 84 valence electrons. The summed E-state index contributed by atoms with van der Waals surface area (Å²) in [6, 6.07) is 0. The van der Waals surface area contributed by atoms with Crippen molar-refractivity contribution < 1.29 is 14.2 Å². The van der Waals surface area contributed by atoms with E-state index in [1.807, 2.05) is 13.8 Å². The van der Waals surface area contributed by atoms with Crippen LogP contribution in [0.2, 0.25) is 0 Å². The van der Waals surface area contributed by atoms with E-state index in [-0.39, 0.29) is 0 Å². The lowest BCUT2D eigenvalue weighted by Crippen LogP contribution is -2.13. The molecule has 0 spiro atoms. The summed E-state index contributed by atoms with van der Waals surface area (Å²) in [6.45, 7) is 7.50. The van der Waals surface area contributed by atoms with Crippen molar-refractivity contribution in [1.82, 2.24) is 0 Å². The lowest BCUT2D eigenvalue weighted by Gasteiger charge is -2.04. The van der Waals surface area contributed by atoms with E-state index in [9.17, 15) is 0 Å². The Labute approximate surface area is 86.0 Å². The molecule has 4 heteroatoms. The van der Waals surface area contributed by atoms with Gasteiger partial charge in [0.05, 0.1) is 32.7 Å². The minimum atomic E-state index is 0.559. The highest BCUT2D eigenvalue weighted by Gasteiger charge is 1.89. The topological polar surface area (TPSA) is 53.7 Å². The summed E-state index contributed by atoms with van der Waals surface area (Å²) in [5, 5.41) is 0. The van der Waals surface area contributed by atoms with Crippen molar-refractivity contribution in [1.29, 1.82) is 0 Å². The molecule has 0 saturated carbocycles. The molecule has 0 aromatic carbocycles. The van der Waals surface area contributed by atoms with Gasteiger partial charge in [0.2, 0.25) is 0 Å². The van der Waals surface area contributed by atoms with Crippen LogP contribution in [0.4, 0.5) is 0 Å². The van der Waals surface area contributed by atoms with Crippen LogP contribution in [0.5, 0.6) is 0 Å². The van der Waals surface area contributed by atoms with Crippen LogP contribution >= 0.6 is 0 Å². The number of rotatable bonds is 9. The molecule has 0 fully saturated rings. The molecular weight excluding hydrogens is 182 g/mol. The number of ether oxygens (including phenoxy) is 3. The molecule has 4 nitrogen and oxygen atoms in total. The predicted molar refractivity (Wildman–Crippen MR) is 56.1 cm³/mol. The van der Waals surface area contributed by atoms with Gasteiger partial charge >= 0.3 is 0 Å². The molecule has 0 heterocycles. The second-order valence-electron chi connectivity index (χ2n) is 3.08. The Balaban J connectivity index is 2.96. The van der Waals surface area contributed by atoms with Gasteiger partial charge in [-0.3, -0.25) is 0 Å². The quantitative estimate of drug-likeness (QED) is 0.447. The Hall–Kier alpha value is -0.580. The third kappa shape index (κ3) is 11.4. The molecular formula is C10H21NO3.